The van der Waals surface area contributed by atoms with Crippen LogP contribution in [0.25, 0.3) is 11.1 Å². The zero-order valence-corrected chi connectivity index (χ0v) is 19.8. The van der Waals surface area contributed by atoms with Gasteiger partial charge in [0.1, 0.15) is 5.82 Å². The van der Waals surface area contributed by atoms with Gasteiger partial charge in [0.25, 0.3) is 0 Å². The maximum absolute atomic E-state index is 13.2. The molecule has 0 atom stereocenters. The Labute approximate surface area is 197 Å². The summed E-state index contributed by atoms with van der Waals surface area (Å²) in [4.78, 5) is 24.4. The van der Waals surface area contributed by atoms with Gasteiger partial charge in [-0.15, -0.1) is 0 Å². The van der Waals surface area contributed by atoms with Crippen molar-refractivity contribution in [3.05, 3.63) is 64.4 Å². The average Bonchev–Trinajstić information content (AvgIpc) is 3.13. The molecule has 2 aromatic carbocycles. The van der Waals surface area contributed by atoms with Gasteiger partial charge in [0.05, 0.1) is 10.4 Å². The second-order valence-electron chi connectivity index (χ2n) is 8.60. The highest BCUT2D eigenvalue weighted by molar-refractivity contribution is 7.89. The summed E-state index contributed by atoms with van der Waals surface area (Å²) in [7, 11) is -3.74. The number of piperidine rings is 1. The lowest BCUT2D eigenvalue weighted by atomic mass is 9.94. The first-order chi connectivity index (χ1) is 16.3. The van der Waals surface area contributed by atoms with Crippen LogP contribution in [0.1, 0.15) is 38.2 Å². The lowest BCUT2D eigenvalue weighted by Crippen LogP contribution is -2.39. The van der Waals surface area contributed by atoms with E-state index in [1.165, 1.54) is 33.1 Å². The molecule has 2 heterocycles. The minimum absolute atomic E-state index is 0.0863. The van der Waals surface area contributed by atoms with E-state index in [2.05, 4.69) is 5.32 Å². The molecular weight excluding hydrogens is 461 g/mol. The largest absolute Gasteiger partial charge is 0.419 e. The summed E-state index contributed by atoms with van der Waals surface area (Å²) in [6.45, 7) is 3.41. The quantitative estimate of drug-likeness (QED) is 0.523. The number of hydrogen-bond acceptors (Lipinski definition) is 5. The number of carbonyl (C=O) groups is 1. The number of nitrogens with one attached hydrogen (secondary N) is 1. The minimum Gasteiger partial charge on any atom is -0.408 e. The topological polar surface area (TPSA) is 102 Å². The molecule has 0 radical (unpaired) electrons. The molecular formula is C24H28FN3O5S. The zero-order chi connectivity index (χ0) is 24.3. The number of amides is 1. The van der Waals surface area contributed by atoms with E-state index in [1.807, 2.05) is 6.92 Å². The van der Waals surface area contributed by atoms with Gasteiger partial charge in [-0.05, 0) is 55.0 Å². The van der Waals surface area contributed by atoms with Crippen LogP contribution < -0.4 is 11.1 Å². The number of rotatable bonds is 8. The maximum atomic E-state index is 13.2. The van der Waals surface area contributed by atoms with Crippen molar-refractivity contribution < 1.29 is 22.0 Å². The van der Waals surface area contributed by atoms with Gasteiger partial charge in [-0.25, -0.2) is 17.6 Å². The Morgan fingerprint density at radius 3 is 2.53 bits per heavy atom. The van der Waals surface area contributed by atoms with Gasteiger partial charge in [-0.2, -0.15) is 4.31 Å². The lowest BCUT2D eigenvalue weighted by Gasteiger charge is -2.31. The van der Waals surface area contributed by atoms with Crippen molar-refractivity contribution in [2.75, 3.05) is 13.1 Å². The van der Waals surface area contributed by atoms with Crippen molar-refractivity contribution in [1.82, 2.24) is 14.2 Å². The molecule has 0 unspecified atom stereocenters. The van der Waals surface area contributed by atoms with E-state index >= 15 is 0 Å². The number of sulfonamides is 1. The molecule has 8 nitrogen and oxygen atoms in total. The smallest absolute Gasteiger partial charge is 0.408 e. The van der Waals surface area contributed by atoms with Crippen LogP contribution in [-0.2, 0) is 27.9 Å². The third-order valence-corrected chi connectivity index (χ3v) is 8.07. The van der Waals surface area contributed by atoms with E-state index in [0.29, 0.717) is 51.0 Å². The summed E-state index contributed by atoms with van der Waals surface area (Å²) in [5.74, 6) is -0.841. The Hall–Kier alpha value is -2.98. The van der Waals surface area contributed by atoms with Crippen molar-refractivity contribution >= 4 is 27.0 Å². The van der Waals surface area contributed by atoms with Gasteiger partial charge in [0.15, 0.2) is 5.58 Å². The van der Waals surface area contributed by atoms with Crippen molar-refractivity contribution in [1.29, 1.82) is 0 Å². The summed E-state index contributed by atoms with van der Waals surface area (Å²) >= 11 is 0. The number of halogens is 1. The standard InChI is InChI=1S/C24H28FN3O5S/c1-2-11-28-21-8-7-20(15-22(21)33-24(28)30)34(31,32)27-12-9-17(10-13-27)14-23(29)26-16-18-3-5-19(25)6-4-18/h3-8,15,17H,2,9-14,16H2,1H3,(H,26,29). The van der Waals surface area contributed by atoms with E-state index in [-0.39, 0.29) is 28.1 Å². The molecule has 3 aromatic rings. The number of aryl methyl sites for hydroxylation is 1. The van der Waals surface area contributed by atoms with E-state index in [0.717, 1.165) is 12.0 Å². The van der Waals surface area contributed by atoms with Crippen molar-refractivity contribution in [2.24, 2.45) is 5.92 Å². The zero-order valence-electron chi connectivity index (χ0n) is 19.0. The predicted octanol–water partition coefficient (Wildman–Crippen LogP) is 3.25. The Morgan fingerprint density at radius 2 is 1.85 bits per heavy atom. The molecule has 10 heteroatoms. The SMILES string of the molecule is CCCn1c(=O)oc2cc(S(=O)(=O)N3CCC(CC(=O)NCc4ccc(F)cc4)CC3)ccc21. The minimum atomic E-state index is -3.74. The van der Waals surface area contributed by atoms with Crippen LogP contribution >= 0.6 is 0 Å². The number of benzene rings is 2. The van der Waals surface area contributed by atoms with Crippen LogP contribution in [-0.4, -0.2) is 36.3 Å². The van der Waals surface area contributed by atoms with E-state index in [9.17, 15) is 22.4 Å². The van der Waals surface area contributed by atoms with Crippen LogP contribution in [0, 0.1) is 11.7 Å². The summed E-state index contributed by atoms with van der Waals surface area (Å²) in [5.41, 5.74) is 1.65. The van der Waals surface area contributed by atoms with Gasteiger partial charge in [-0.1, -0.05) is 19.1 Å². The molecule has 182 valence electrons. The molecule has 1 aromatic heterocycles. The van der Waals surface area contributed by atoms with E-state index in [1.54, 1.807) is 18.2 Å². The molecule has 0 bridgehead atoms. The van der Waals surface area contributed by atoms with Gasteiger partial charge in [0.2, 0.25) is 15.9 Å². The average molecular weight is 490 g/mol. The first-order valence-corrected chi connectivity index (χ1v) is 12.9. The molecule has 1 aliphatic rings. The number of fused-ring (bicyclic) bond motifs is 1. The van der Waals surface area contributed by atoms with Crippen molar-refractivity contribution in [3.63, 3.8) is 0 Å². The Balaban J connectivity index is 1.34. The van der Waals surface area contributed by atoms with E-state index < -0.39 is 15.8 Å². The normalized spacial score (nSPS) is 15.6. The third kappa shape index (κ3) is 5.23. The third-order valence-electron chi connectivity index (χ3n) is 6.18. The predicted molar refractivity (Wildman–Crippen MR) is 125 cm³/mol. The van der Waals surface area contributed by atoms with Crippen molar-refractivity contribution in [2.45, 2.75) is 50.6 Å². The highest BCUT2D eigenvalue weighted by Crippen LogP contribution is 2.27. The maximum Gasteiger partial charge on any atom is 0.419 e. The molecule has 1 saturated heterocycles. The fourth-order valence-electron chi connectivity index (χ4n) is 4.28. The van der Waals surface area contributed by atoms with Gasteiger partial charge in [0, 0.05) is 38.7 Å². The van der Waals surface area contributed by atoms with Crippen LogP contribution in [0.2, 0.25) is 0 Å². The number of hydrogen-bond donors (Lipinski definition) is 1. The fourth-order valence-corrected chi connectivity index (χ4v) is 5.77. The summed E-state index contributed by atoms with van der Waals surface area (Å²) in [6, 6.07) is 10.5. The van der Waals surface area contributed by atoms with Crippen LogP contribution in [0.4, 0.5) is 4.39 Å². The molecule has 1 fully saturated rings. The molecule has 1 amide bonds. The van der Waals surface area contributed by atoms with Gasteiger partial charge < -0.3 is 9.73 Å². The fraction of sp³-hybridized carbons (Fsp3) is 0.417. The molecule has 4 rings (SSSR count). The summed E-state index contributed by atoms with van der Waals surface area (Å²) in [6.07, 6.45) is 2.23. The number of nitrogens with zero attached hydrogens (tertiary/aromatic N) is 2. The Bertz CT molecular complexity index is 1320. The molecule has 0 saturated carbocycles. The first kappa shape index (κ1) is 24.2. The first-order valence-electron chi connectivity index (χ1n) is 11.4. The highest BCUT2D eigenvalue weighted by atomic mass is 32.2. The van der Waals surface area contributed by atoms with Crippen LogP contribution in [0.5, 0.6) is 0 Å². The molecule has 34 heavy (non-hydrogen) atoms. The summed E-state index contributed by atoms with van der Waals surface area (Å²) in [5, 5.41) is 2.83. The number of aromatic nitrogens is 1. The molecule has 1 N–H and O–H groups in total. The number of carbonyl (C=O) groups excluding carboxylic acids is 1. The molecule has 1 aliphatic heterocycles. The van der Waals surface area contributed by atoms with Crippen molar-refractivity contribution in [3.8, 4) is 0 Å². The Morgan fingerprint density at radius 1 is 1.15 bits per heavy atom. The second kappa shape index (κ2) is 10.1. The van der Waals surface area contributed by atoms with E-state index in [4.69, 9.17) is 4.42 Å². The number of oxazole rings is 1. The molecule has 0 spiro atoms. The monoisotopic (exact) mass is 489 g/mol. The highest BCUT2D eigenvalue weighted by Gasteiger charge is 2.30. The second-order valence-corrected chi connectivity index (χ2v) is 10.5. The Kier molecular flexibility index (Phi) is 7.18. The summed E-state index contributed by atoms with van der Waals surface area (Å²) < 4.78 is 47.5. The van der Waals surface area contributed by atoms with Crippen LogP contribution in [0.15, 0.2) is 56.6 Å². The van der Waals surface area contributed by atoms with Crippen LogP contribution in [0.3, 0.4) is 0 Å². The van der Waals surface area contributed by atoms with Gasteiger partial charge in [-0.3, -0.25) is 9.36 Å². The van der Waals surface area contributed by atoms with Gasteiger partial charge >= 0.3 is 5.76 Å². The lowest BCUT2D eigenvalue weighted by molar-refractivity contribution is -0.122. The molecule has 0 aliphatic carbocycles.